The van der Waals surface area contributed by atoms with Crippen molar-refractivity contribution in [3.05, 3.63) is 23.8 Å². The molecule has 0 atom stereocenters. The average Bonchev–Trinajstić information content (AvgIpc) is 2.50. The fraction of sp³-hybridized carbons (Fsp3) is 0.474. The van der Waals surface area contributed by atoms with Crippen LogP contribution in [0.4, 0.5) is 15.3 Å². The zero-order valence-corrected chi connectivity index (χ0v) is 17.6. The summed E-state index contributed by atoms with van der Waals surface area (Å²) in [4.78, 5) is 39.5. The second kappa shape index (κ2) is 9.26. The summed E-state index contributed by atoms with van der Waals surface area (Å²) >= 11 is 0. The molecule has 0 heterocycles. The van der Waals surface area contributed by atoms with Crippen LogP contribution in [0.25, 0.3) is 0 Å². The van der Waals surface area contributed by atoms with Crippen molar-refractivity contribution >= 4 is 29.8 Å². The molecule has 0 aliphatic rings. The molecule has 0 unspecified atom stereocenters. The Bertz CT molecular complexity index is 773. The van der Waals surface area contributed by atoms with Crippen LogP contribution in [0.3, 0.4) is 0 Å². The summed E-state index contributed by atoms with van der Waals surface area (Å²) in [5.74, 6) is -1.30. The highest BCUT2D eigenvalue weighted by Gasteiger charge is 2.22. The minimum Gasteiger partial charge on any atom is -0.494 e. The van der Waals surface area contributed by atoms with E-state index in [0.717, 1.165) is 0 Å². The van der Waals surface area contributed by atoms with E-state index in [-0.39, 0.29) is 23.0 Å². The van der Waals surface area contributed by atoms with Gasteiger partial charge in [-0.3, -0.25) is 10.6 Å². The van der Waals surface area contributed by atoms with Crippen LogP contribution < -0.4 is 15.4 Å². The zero-order valence-electron chi connectivity index (χ0n) is 17.6. The van der Waals surface area contributed by atoms with Crippen molar-refractivity contribution in [3.8, 4) is 5.75 Å². The summed E-state index contributed by atoms with van der Waals surface area (Å²) in [5, 5.41) is 13.8. The van der Waals surface area contributed by atoms with Gasteiger partial charge >= 0.3 is 18.2 Å². The highest BCUT2D eigenvalue weighted by atomic mass is 16.6. The molecule has 0 saturated carbocycles. The van der Waals surface area contributed by atoms with Gasteiger partial charge in [0.25, 0.3) is 0 Å². The second-order valence-corrected chi connectivity index (χ2v) is 7.91. The number of carboxylic acid groups (broad SMARTS) is 1. The van der Waals surface area contributed by atoms with Crippen LogP contribution in [-0.2, 0) is 9.47 Å². The maximum atomic E-state index is 12.1. The fourth-order valence-corrected chi connectivity index (χ4v) is 1.91. The van der Waals surface area contributed by atoms with Gasteiger partial charge in [-0.1, -0.05) is 0 Å². The molecule has 0 saturated heterocycles. The zero-order chi connectivity index (χ0) is 22.4. The van der Waals surface area contributed by atoms with E-state index < -0.39 is 29.4 Å². The van der Waals surface area contributed by atoms with Gasteiger partial charge in [0, 0.05) is 0 Å². The first kappa shape index (κ1) is 23.7. The smallest absolute Gasteiger partial charge is 0.414 e. The number of benzene rings is 1. The Hall–Kier alpha value is -3.30. The molecule has 0 spiro atoms. The van der Waals surface area contributed by atoms with Gasteiger partial charge in [-0.25, -0.2) is 19.4 Å². The van der Waals surface area contributed by atoms with Crippen LogP contribution in [0.5, 0.6) is 5.75 Å². The molecule has 1 rings (SSSR count). The van der Waals surface area contributed by atoms with Crippen molar-refractivity contribution in [1.29, 1.82) is 0 Å². The summed E-state index contributed by atoms with van der Waals surface area (Å²) < 4.78 is 15.5. The predicted molar refractivity (Wildman–Crippen MR) is 106 cm³/mol. The number of nitrogens with zero attached hydrogens (tertiary/aromatic N) is 1. The highest BCUT2D eigenvalue weighted by molar-refractivity contribution is 6.02. The Kier molecular flexibility index (Phi) is 7.58. The van der Waals surface area contributed by atoms with Gasteiger partial charge in [0.1, 0.15) is 22.6 Å². The third-order valence-electron chi connectivity index (χ3n) is 2.90. The number of amides is 2. The van der Waals surface area contributed by atoms with E-state index in [4.69, 9.17) is 19.3 Å². The van der Waals surface area contributed by atoms with Crippen LogP contribution >= 0.6 is 0 Å². The number of methoxy groups -OCH3 is 1. The van der Waals surface area contributed by atoms with E-state index in [1.54, 1.807) is 41.5 Å². The second-order valence-electron chi connectivity index (χ2n) is 7.91. The molecule has 3 N–H and O–H groups in total. The number of carboxylic acids is 1. The molecule has 10 nitrogen and oxygen atoms in total. The van der Waals surface area contributed by atoms with E-state index in [2.05, 4.69) is 15.6 Å². The Morgan fingerprint density at radius 3 is 1.79 bits per heavy atom. The number of alkyl carbamates (subject to hydrolysis) is 2. The summed E-state index contributed by atoms with van der Waals surface area (Å²) in [6.07, 6.45) is -1.71. The van der Waals surface area contributed by atoms with Crippen molar-refractivity contribution in [1.82, 2.24) is 10.6 Å². The molecule has 0 aliphatic carbocycles. The van der Waals surface area contributed by atoms with Crippen LogP contribution in [0.1, 0.15) is 51.9 Å². The standard InChI is InChI=1S/C19H27N3O7/c1-18(2,3)28-16(25)21-15(22-17(26)29-19(4,5)6)20-12-9-8-11(14(23)24)10-13(12)27-7/h8-10H,1-7H3,(H,23,24)(H2,20,21,22,25,26). The molecule has 29 heavy (non-hydrogen) atoms. The van der Waals surface area contributed by atoms with Crippen molar-refractivity contribution in [2.24, 2.45) is 4.99 Å². The quantitative estimate of drug-likeness (QED) is 0.514. The Morgan fingerprint density at radius 1 is 0.931 bits per heavy atom. The minimum absolute atomic E-state index is 0.0115. The molecule has 1 aromatic carbocycles. The lowest BCUT2D eigenvalue weighted by Crippen LogP contribution is -2.47. The van der Waals surface area contributed by atoms with Gasteiger partial charge in [0.05, 0.1) is 12.7 Å². The third kappa shape index (κ3) is 8.96. The Morgan fingerprint density at radius 2 is 1.41 bits per heavy atom. The van der Waals surface area contributed by atoms with Gasteiger partial charge in [-0.15, -0.1) is 0 Å². The lowest BCUT2D eigenvalue weighted by Gasteiger charge is -2.22. The number of ether oxygens (including phenoxy) is 3. The first-order valence-electron chi connectivity index (χ1n) is 8.70. The maximum Gasteiger partial charge on any atom is 0.414 e. The first-order chi connectivity index (χ1) is 13.2. The SMILES string of the molecule is COc1cc(C(=O)O)ccc1N=C(NC(=O)OC(C)(C)C)NC(=O)OC(C)(C)C. The van der Waals surface area contributed by atoms with Gasteiger partial charge in [-0.2, -0.15) is 0 Å². The normalized spacial score (nSPS) is 11.1. The number of aliphatic imine (C=N–C) groups is 1. The number of aromatic carboxylic acids is 1. The van der Waals surface area contributed by atoms with Gasteiger partial charge in [0.2, 0.25) is 5.96 Å². The van der Waals surface area contributed by atoms with Crippen molar-refractivity contribution in [3.63, 3.8) is 0 Å². The topological polar surface area (TPSA) is 136 Å². The lowest BCUT2D eigenvalue weighted by atomic mass is 10.2. The molecule has 10 heteroatoms. The minimum atomic E-state index is -1.14. The van der Waals surface area contributed by atoms with Crippen molar-refractivity contribution < 1.29 is 33.7 Å². The Labute approximate surface area is 169 Å². The van der Waals surface area contributed by atoms with Gasteiger partial charge in [-0.05, 0) is 59.7 Å². The molecular formula is C19H27N3O7. The first-order valence-corrected chi connectivity index (χ1v) is 8.70. The van der Waals surface area contributed by atoms with Gasteiger partial charge < -0.3 is 19.3 Å². The molecule has 0 aliphatic heterocycles. The van der Waals surface area contributed by atoms with Gasteiger partial charge in [0.15, 0.2) is 0 Å². The average molecular weight is 409 g/mol. The van der Waals surface area contributed by atoms with E-state index in [1.807, 2.05) is 0 Å². The van der Waals surface area contributed by atoms with E-state index in [0.29, 0.717) is 0 Å². The Balaban J connectivity index is 3.23. The van der Waals surface area contributed by atoms with E-state index in [1.165, 1.54) is 25.3 Å². The highest BCUT2D eigenvalue weighted by Crippen LogP contribution is 2.28. The number of rotatable bonds is 3. The molecule has 0 aromatic heterocycles. The number of hydrogen-bond donors (Lipinski definition) is 3. The molecule has 2 amide bonds. The molecular weight excluding hydrogens is 382 g/mol. The van der Waals surface area contributed by atoms with E-state index in [9.17, 15) is 14.4 Å². The summed E-state index contributed by atoms with van der Waals surface area (Å²) in [6.45, 7) is 10.1. The van der Waals surface area contributed by atoms with E-state index >= 15 is 0 Å². The largest absolute Gasteiger partial charge is 0.494 e. The molecule has 0 fully saturated rings. The summed E-state index contributed by atoms with van der Waals surface area (Å²) in [7, 11) is 1.34. The summed E-state index contributed by atoms with van der Waals surface area (Å²) in [6, 6.07) is 3.94. The number of carbonyl (C=O) groups is 3. The van der Waals surface area contributed by atoms with Crippen LogP contribution in [0.15, 0.2) is 23.2 Å². The molecule has 1 aromatic rings. The fourth-order valence-electron chi connectivity index (χ4n) is 1.91. The number of carbonyl (C=O) groups excluding carboxylic acids is 2. The third-order valence-corrected chi connectivity index (χ3v) is 2.90. The monoisotopic (exact) mass is 409 g/mol. The molecule has 160 valence electrons. The van der Waals surface area contributed by atoms with Crippen LogP contribution in [-0.4, -0.2) is 47.5 Å². The summed E-state index contributed by atoms with van der Waals surface area (Å²) in [5.41, 5.74) is -1.40. The predicted octanol–water partition coefficient (Wildman–Crippen LogP) is 3.43. The number of nitrogens with one attached hydrogen (secondary N) is 2. The number of hydrogen-bond acceptors (Lipinski definition) is 7. The van der Waals surface area contributed by atoms with Crippen molar-refractivity contribution in [2.75, 3.05) is 7.11 Å². The number of guanidine groups is 1. The maximum absolute atomic E-state index is 12.1. The van der Waals surface area contributed by atoms with Crippen LogP contribution in [0.2, 0.25) is 0 Å². The molecule has 0 bridgehead atoms. The lowest BCUT2D eigenvalue weighted by molar-refractivity contribution is 0.0543. The van der Waals surface area contributed by atoms with Crippen LogP contribution in [0, 0.1) is 0 Å². The van der Waals surface area contributed by atoms with Crippen molar-refractivity contribution in [2.45, 2.75) is 52.7 Å². The molecule has 0 radical (unpaired) electrons.